The number of hydrogen-bond acceptors (Lipinski definition) is 2. The smallest absolute Gasteiger partial charge is 0.152 e. The van der Waals surface area contributed by atoms with Gasteiger partial charge in [-0.05, 0) is 24.0 Å². The first-order valence-electron chi connectivity index (χ1n) is 7.63. The summed E-state index contributed by atoms with van der Waals surface area (Å²) in [4.78, 5) is 13.1. The van der Waals surface area contributed by atoms with Gasteiger partial charge in [-0.1, -0.05) is 60.7 Å². The van der Waals surface area contributed by atoms with Crippen molar-refractivity contribution >= 4 is 5.78 Å². The molecule has 2 aliphatic rings. The van der Waals surface area contributed by atoms with Crippen molar-refractivity contribution in [2.45, 2.75) is 36.9 Å². The number of benzene rings is 2. The van der Waals surface area contributed by atoms with Crippen LogP contribution in [0.5, 0.6) is 0 Å². The fraction of sp³-hybridized carbons (Fsp3) is 0.316. The summed E-state index contributed by atoms with van der Waals surface area (Å²) in [6.45, 7) is 0. The lowest BCUT2D eigenvalue weighted by Crippen LogP contribution is -2.40. The number of ether oxygens (including phenoxy) is 1. The van der Waals surface area contributed by atoms with Gasteiger partial charge in [0.25, 0.3) is 0 Å². The van der Waals surface area contributed by atoms with E-state index in [9.17, 15) is 4.79 Å². The van der Waals surface area contributed by atoms with Crippen molar-refractivity contribution in [2.75, 3.05) is 0 Å². The number of ketones is 1. The van der Waals surface area contributed by atoms with Gasteiger partial charge >= 0.3 is 0 Å². The van der Waals surface area contributed by atoms with E-state index in [0.29, 0.717) is 5.78 Å². The number of carbonyl (C=O) groups is 1. The summed E-state index contributed by atoms with van der Waals surface area (Å²) in [5, 5.41) is 0. The normalized spacial score (nSPS) is 31.3. The Hall–Kier alpha value is -1.93. The molecule has 0 spiro atoms. The minimum absolute atomic E-state index is 0.0601. The van der Waals surface area contributed by atoms with Gasteiger partial charge in [-0.2, -0.15) is 0 Å². The Kier molecular flexibility index (Phi) is 3.12. The predicted octanol–water partition coefficient (Wildman–Crippen LogP) is 3.68. The van der Waals surface area contributed by atoms with Crippen LogP contribution >= 0.6 is 0 Å². The first-order chi connectivity index (χ1) is 10.3. The Morgan fingerprint density at radius 1 is 0.714 bits per heavy atom. The molecular weight excluding hydrogens is 260 g/mol. The lowest BCUT2D eigenvalue weighted by Gasteiger charge is -2.34. The Morgan fingerprint density at radius 2 is 1.14 bits per heavy atom. The average molecular weight is 278 g/mol. The molecule has 2 aromatic carbocycles. The van der Waals surface area contributed by atoms with E-state index in [1.807, 2.05) is 60.7 Å². The van der Waals surface area contributed by atoms with Gasteiger partial charge in [0.15, 0.2) is 5.78 Å². The summed E-state index contributed by atoms with van der Waals surface area (Å²) in [6, 6.07) is 20.2. The van der Waals surface area contributed by atoms with Gasteiger partial charge in [0, 0.05) is 0 Å². The third-order valence-electron chi connectivity index (χ3n) is 4.76. The van der Waals surface area contributed by atoms with Gasteiger partial charge in [-0.3, -0.25) is 4.79 Å². The van der Waals surface area contributed by atoms with Crippen molar-refractivity contribution in [3.8, 4) is 0 Å². The van der Waals surface area contributed by atoms with Crippen molar-refractivity contribution in [3.63, 3.8) is 0 Å². The second kappa shape index (κ2) is 5.12. The first-order valence-corrected chi connectivity index (χ1v) is 7.63. The molecule has 4 rings (SSSR count). The fourth-order valence-electron chi connectivity index (χ4n) is 3.82. The molecular formula is C19H18O2. The number of rotatable bonds is 2. The fourth-order valence-corrected chi connectivity index (χ4v) is 3.82. The van der Waals surface area contributed by atoms with Crippen LogP contribution in [0.4, 0.5) is 0 Å². The summed E-state index contributed by atoms with van der Waals surface area (Å²) in [5.41, 5.74) is 2.18. The summed E-state index contributed by atoms with van der Waals surface area (Å²) >= 11 is 0. The SMILES string of the molecule is O=C1[C@@H](c2ccccc2)[C@H]2CC[C@@H](O2)[C@@H]1c1ccccc1. The zero-order chi connectivity index (χ0) is 14.2. The number of carbonyl (C=O) groups excluding carboxylic acids is 1. The largest absolute Gasteiger partial charge is 0.373 e. The molecule has 0 unspecified atom stereocenters. The maximum atomic E-state index is 13.1. The second-order valence-corrected chi connectivity index (χ2v) is 5.97. The van der Waals surface area contributed by atoms with Crippen LogP contribution in [-0.2, 0) is 9.53 Å². The molecule has 2 saturated heterocycles. The molecule has 2 nitrogen and oxygen atoms in total. The molecule has 0 aromatic heterocycles. The van der Waals surface area contributed by atoms with Gasteiger partial charge in [0.1, 0.15) is 0 Å². The second-order valence-electron chi connectivity index (χ2n) is 5.97. The van der Waals surface area contributed by atoms with E-state index in [0.717, 1.165) is 24.0 Å². The van der Waals surface area contributed by atoms with E-state index in [1.54, 1.807) is 0 Å². The monoisotopic (exact) mass is 278 g/mol. The van der Waals surface area contributed by atoms with Crippen molar-refractivity contribution in [1.82, 2.24) is 0 Å². The quantitative estimate of drug-likeness (QED) is 0.837. The molecule has 2 heterocycles. The number of Topliss-reactive ketones (excluding diaryl/α,β-unsaturated/α-hetero) is 1. The molecule has 106 valence electrons. The number of fused-ring (bicyclic) bond motifs is 2. The van der Waals surface area contributed by atoms with Crippen molar-refractivity contribution < 1.29 is 9.53 Å². The van der Waals surface area contributed by atoms with E-state index < -0.39 is 0 Å². The first kappa shape index (κ1) is 12.8. The molecule has 4 atom stereocenters. The van der Waals surface area contributed by atoms with E-state index >= 15 is 0 Å². The highest BCUT2D eigenvalue weighted by atomic mass is 16.5. The maximum absolute atomic E-state index is 13.1. The van der Waals surface area contributed by atoms with E-state index in [2.05, 4.69) is 0 Å². The van der Waals surface area contributed by atoms with Gasteiger partial charge in [-0.25, -0.2) is 0 Å². The molecule has 2 aliphatic heterocycles. The van der Waals surface area contributed by atoms with Crippen molar-refractivity contribution in [2.24, 2.45) is 0 Å². The highest BCUT2D eigenvalue weighted by Gasteiger charge is 2.49. The van der Waals surface area contributed by atoms with Gasteiger partial charge < -0.3 is 4.74 Å². The predicted molar refractivity (Wildman–Crippen MR) is 81.3 cm³/mol. The van der Waals surface area contributed by atoms with Crippen LogP contribution in [0.3, 0.4) is 0 Å². The maximum Gasteiger partial charge on any atom is 0.152 e. The van der Waals surface area contributed by atoms with Gasteiger partial charge in [0.2, 0.25) is 0 Å². The summed E-state index contributed by atoms with van der Waals surface area (Å²) in [7, 11) is 0. The topological polar surface area (TPSA) is 26.3 Å². The lowest BCUT2D eigenvalue weighted by molar-refractivity contribution is -0.135. The highest BCUT2D eigenvalue weighted by molar-refractivity contribution is 5.94. The van der Waals surface area contributed by atoms with E-state index in [1.165, 1.54) is 0 Å². The summed E-state index contributed by atoms with van der Waals surface area (Å²) in [6.07, 6.45) is 2.09. The molecule has 0 aliphatic carbocycles. The molecule has 2 aromatic rings. The molecule has 21 heavy (non-hydrogen) atoms. The minimum Gasteiger partial charge on any atom is -0.373 e. The standard InChI is InChI=1S/C19H18O2/c20-19-17(13-7-3-1-4-8-13)15-11-12-16(21-15)18(19)14-9-5-2-6-10-14/h1-10,15-18H,11-12H2/t15-,16-,17+,18+/m1/s1. The number of hydrogen-bond donors (Lipinski definition) is 0. The third-order valence-corrected chi connectivity index (χ3v) is 4.76. The van der Waals surface area contributed by atoms with Crippen LogP contribution in [0.2, 0.25) is 0 Å². The van der Waals surface area contributed by atoms with Crippen LogP contribution in [0.1, 0.15) is 35.8 Å². The Morgan fingerprint density at radius 3 is 1.57 bits per heavy atom. The average Bonchev–Trinajstić information content (AvgIpc) is 2.94. The molecule has 0 amide bonds. The lowest BCUT2D eigenvalue weighted by atomic mass is 9.78. The van der Waals surface area contributed by atoms with Crippen LogP contribution in [0.15, 0.2) is 60.7 Å². The zero-order valence-corrected chi connectivity index (χ0v) is 11.8. The minimum atomic E-state index is -0.116. The Labute approximate surface area is 124 Å². The van der Waals surface area contributed by atoms with Gasteiger partial charge in [-0.15, -0.1) is 0 Å². The van der Waals surface area contributed by atoms with E-state index in [-0.39, 0.29) is 24.0 Å². The van der Waals surface area contributed by atoms with Crippen LogP contribution < -0.4 is 0 Å². The van der Waals surface area contributed by atoms with Crippen molar-refractivity contribution in [1.29, 1.82) is 0 Å². The van der Waals surface area contributed by atoms with Crippen LogP contribution in [-0.4, -0.2) is 18.0 Å². The summed E-state index contributed by atoms with van der Waals surface area (Å²) < 4.78 is 6.18. The molecule has 0 N–H and O–H groups in total. The zero-order valence-electron chi connectivity index (χ0n) is 11.8. The highest BCUT2D eigenvalue weighted by Crippen LogP contribution is 2.46. The third kappa shape index (κ3) is 2.11. The van der Waals surface area contributed by atoms with Crippen LogP contribution in [0, 0.1) is 0 Å². The molecule has 2 fully saturated rings. The molecule has 2 heteroatoms. The van der Waals surface area contributed by atoms with E-state index in [4.69, 9.17) is 4.74 Å². The Bertz CT molecular complexity index is 580. The van der Waals surface area contributed by atoms with Crippen LogP contribution in [0.25, 0.3) is 0 Å². The molecule has 0 saturated carbocycles. The van der Waals surface area contributed by atoms with Crippen molar-refractivity contribution in [3.05, 3.63) is 71.8 Å². The molecule has 2 bridgehead atoms. The van der Waals surface area contributed by atoms with Gasteiger partial charge in [0.05, 0.1) is 24.0 Å². The Balaban J connectivity index is 1.75. The molecule has 0 radical (unpaired) electrons. The summed E-state index contributed by atoms with van der Waals surface area (Å²) in [5.74, 6) is 0.0939.